The van der Waals surface area contributed by atoms with Crippen molar-refractivity contribution < 1.29 is 0 Å². The van der Waals surface area contributed by atoms with Crippen LogP contribution in [0, 0.1) is 30.6 Å². The van der Waals surface area contributed by atoms with E-state index < -0.39 is 0 Å². The minimum Gasteiger partial charge on any atom is -0.384 e. The van der Waals surface area contributed by atoms with Gasteiger partial charge < -0.3 is 10.3 Å². The summed E-state index contributed by atoms with van der Waals surface area (Å²) in [6.07, 6.45) is 0. The van der Waals surface area contributed by atoms with Gasteiger partial charge in [-0.1, -0.05) is 20.8 Å². The van der Waals surface area contributed by atoms with Crippen LogP contribution in [0.2, 0.25) is 0 Å². The molecule has 3 nitrogen and oxygen atoms in total. The fourth-order valence-corrected chi connectivity index (χ4v) is 1.88. The molecule has 1 rings (SSSR count). The number of anilines is 1. The molecule has 0 saturated carbocycles. The van der Waals surface area contributed by atoms with Crippen molar-refractivity contribution in [3.05, 3.63) is 16.8 Å². The van der Waals surface area contributed by atoms with E-state index in [-0.39, 0.29) is 11.5 Å². The van der Waals surface area contributed by atoms with Gasteiger partial charge in [0, 0.05) is 11.7 Å². The molecule has 0 aliphatic heterocycles. The first kappa shape index (κ1) is 12.6. The molecule has 0 saturated heterocycles. The van der Waals surface area contributed by atoms with Gasteiger partial charge in [0.1, 0.15) is 11.9 Å². The van der Waals surface area contributed by atoms with E-state index in [9.17, 15) is 0 Å². The third-order valence-electron chi connectivity index (χ3n) is 3.55. The van der Waals surface area contributed by atoms with Gasteiger partial charge in [-0.15, -0.1) is 0 Å². The SMILES string of the molecule is Cc1c(C#N)c(N)n(C(C)C(C)(C)C)c1C. The molecule has 0 aliphatic carbocycles. The van der Waals surface area contributed by atoms with Crippen LogP contribution in [0.25, 0.3) is 0 Å². The normalized spacial score (nSPS) is 13.6. The lowest BCUT2D eigenvalue weighted by Crippen LogP contribution is -2.23. The molecule has 1 heterocycles. The highest BCUT2D eigenvalue weighted by Crippen LogP contribution is 2.36. The van der Waals surface area contributed by atoms with Crippen LogP contribution in [0.4, 0.5) is 5.82 Å². The Labute approximate surface area is 97.9 Å². The first-order valence-electron chi connectivity index (χ1n) is 5.58. The van der Waals surface area contributed by atoms with E-state index in [0.29, 0.717) is 11.4 Å². The van der Waals surface area contributed by atoms with Crippen molar-refractivity contribution in [2.24, 2.45) is 5.41 Å². The largest absolute Gasteiger partial charge is 0.384 e. The van der Waals surface area contributed by atoms with E-state index in [1.807, 2.05) is 13.8 Å². The molecule has 0 spiro atoms. The highest BCUT2D eigenvalue weighted by Gasteiger charge is 2.26. The number of aromatic nitrogens is 1. The van der Waals surface area contributed by atoms with Gasteiger partial charge in [0.2, 0.25) is 0 Å². The zero-order valence-electron chi connectivity index (χ0n) is 11.0. The van der Waals surface area contributed by atoms with Crippen molar-refractivity contribution in [3.63, 3.8) is 0 Å². The number of rotatable bonds is 1. The Morgan fingerprint density at radius 1 is 1.31 bits per heavy atom. The maximum Gasteiger partial charge on any atom is 0.122 e. The van der Waals surface area contributed by atoms with Crippen LogP contribution < -0.4 is 5.73 Å². The summed E-state index contributed by atoms with van der Waals surface area (Å²) in [5.74, 6) is 0.597. The first-order valence-corrected chi connectivity index (χ1v) is 5.58. The zero-order chi connectivity index (χ0) is 12.7. The van der Waals surface area contributed by atoms with E-state index >= 15 is 0 Å². The maximum absolute atomic E-state index is 9.08. The second kappa shape index (κ2) is 3.86. The van der Waals surface area contributed by atoms with Crippen molar-refractivity contribution in [1.82, 2.24) is 4.57 Å². The molecule has 88 valence electrons. The summed E-state index contributed by atoms with van der Waals surface area (Å²) in [5, 5.41) is 9.08. The molecule has 3 heteroatoms. The molecule has 0 aromatic carbocycles. The molecule has 1 unspecified atom stereocenters. The highest BCUT2D eigenvalue weighted by atomic mass is 15.1. The lowest BCUT2D eigenvalue weighted by molar-refractivity contribution is 0.262. The predicted molar refractivity (Wildman–Crippen MR) is 67.2 cm³/mol. The third-order valence-corrected chi connectivity index (χ3v) is 3.55. The molecular weight excluding hydrogens is 198 g/mol. The summed E-state index contributed by atoms with van der Waals surface area (Å²) >= 11 is 0. The van der Waals surface area contributed by atoms with Gasteiger partial charge in [0.15, 0.2) is 0 Å². The van der Waals surface area contributed by atoms with E-state index in [1.54, 1.807) is 0 Å². The number of hydrogen-bond donors (Lipinski definition) is 1. The predicted octanol–water partition coefficient (Wildman–Crippen LogP) is 3.17. The molecule has 0 amide bonds. The van der Waals surface area contributed by atoms with Crippen molar-refractivity contribution in [3.8, 4) is 6.07 Å². The number of nitriles is 1. The summed E-state index contributed by atoms with van der Waals surface area (Å²) in [5.41, 5.74) is 8.89. The topological polar surface area (TPSA) is 54.7 Å². The molecule has 1 aromatic rings. The fraction of sp³-hybridized carbons (Fsp3) is 0.615. The van der Waals surface area contributed by atoms with Crippen LogP contribution in [0.5, 0.6) is 0 Å². The Balaban J connectivity index is 3.43. The minimum atomic E-state index is 0.122. The van der Waals surface area contributed by atoms with Crippen LogP contribution in [-0.2, 0) is 0 Å². The summed E-state index contributed by atoms with van der Waals surface area (Å²) < 4.78 is 2.08. The number of hydrogen-bond acceptors (Lipinski definition) is 2. The van der Waals surface area contributed by atoms with Crippen LogP contribution in [-0.4, -0.2) is 4.57 Å². The Morgan fingerprint density at radius 3 is 2.12 bits per heavy atom. The van der Waals surface area contributed by atoms with Crippen molar-refractivity contribution in [2.75, 3.05) is 5.73 Å². The average molecular weight is 219 g/mol. The number of nitrogens with two attached hydrogens (primary N) is 1. The van der Waals surface area contributed by atoms with E-state index in [2.05, 4.69) is 38.3 Å². The smallest absolute Gasteiger partial charge is 0.122 e. The Morgan fingerprint density at radius 2 is 1.81 bits per heavy atom. The van der Waals surface area contributed by atoms with Crippen molar-refractivity contribution in [2.45, 2.75) is 47.6 Å². The minimum absolute atomic E-state index is 0.122. The van der Waals surface area contributed by atoms with Gasteiger partial charge in [0.05, 0.1) is 5.56 Å². The number of nitrogens with zero attached hydrogens (tertiary/aromatic N) is 2. The quantitative estimate of drug-likeness (QED) is 0.788. The third kappa shape index (κ3) is 1.80. The van der Waals surface area contributed by atoms with Crippen LogP contribution >= 0.6 is 0 Å². The van der Waals surface area contributed by atoms with Crippen molar-refractivity contribution in [1.29, 1.82) is 5.26 Å². The molecule has 1 atom stereocenters. The number of nitrogen functional groups attached to an aromatic ring is 1. The molecule has 0 aliphatic rings. The second-order valence-electron chi connectivity index (χ2n) is 5.49. The molecule has 1 aromatic heterocycles. The van der Waals surface area contributed by atoms with E-state index in [0.717, 1.165) is 11.3 Å². The summed E-state index contributed by atoms with van der Waals surface area (Å²) in [6, 6.07) is 2.46. The average Bonchev–Trinajstić information content (AvgIpc) is 2.36. The first-order chi connectivity index (χ1) is 7.21. The van der Waals surface area contributed by atoms with Gasteiger partial charge in [-0.05, 0) is 31.7 Å². The van der Waals surface area contributed by atoms with Gasteiger partial charge in [-0.2, -0.15) is 5.26 Å². The van der Waals surface area contributed by atoms with Gasteiger partial charge in [0.25, 0.3) is 0 Å². The lowest BCUT2D eigenvalue weighted by Gasteiger charge is -2.30. The summed E-state index contributed by atoms with van der Waals surface area (Å²) in [7, 11) is 0. The lowest BCUT2D eigenvalue weighted by atomic mass is 9.87. The van der Waals surface area contributed by atoms with Crippen LogP contribution in [0.1, 0.15) is 50.6 Å². The molecule has 0 radical (unpaired) electrons. The maximum atomic E-state index is 9.08. The van der Waals surface area contributed by atoms with Crippen molar-refractivity contribution >= 4 is 5.82 Å². The monoisotopic (exact) mass is 219 g/mol. The summed E-state index contributed by atoms with van der Waals surface area (Å²) in [6.45, 7) is 12.7. The van der Waals surface area contributed by atoms with Gasteiger partial charge >= 0.3 is 0 Å². The molecule has 0 fully saturated rings. The molecule has 0 bridgehead atoms. The van der Waals surface area contributed by atoms with Gasteiger partial charge in [-0.3, -0.25) is 0 Å². The van der Waals surface area contributed by atoms with Gasteiger partial charge in [-0.25, -0.2) is 0 Å². The highest BCUT2D eigenvalue weighted by molar-refractivity contribution is 5.58. The molecule has 16 heavy (non-hydrogen) atoms. The Bertz CT molecular complexity index is 441. The molecular formula is C13H21N3. The zero-order valence-corrected chi connectivity index (χ0v) is 11.0. The fourth-order valence-electron chi connectivity index (χ4n) is 1.88. The van der Waals surface area contributed by atoms with Crippen LogP contribution in [0.15, 0.2) is 0 Å². The van der Waals surface area contributed by atoms with Crippen LogP contribution in [0.3, 0.4) is 0 Å². The Hall–Kier alpha value is -1.43. The summed E-state index contributed by atoms with van der Waals surface area (Å²) in [4.78, 5) is 0. The Kier molecular flexibility index (Phi) is 3.05. The van der Waals surface area contributed by atoms with E-state index in [4.69, 9.17) is 11.0 Å². The second-order valence-corrected chi connectivity index (χ2v) is 5.49. The van der Waals surface area contributed by atoms with E-state index in [1.165, 1.54) is 0 Å². The molecule has 2 N–H and O–H groups in total. The standard InChI is InChI=1S/C13H21N3/c1-8-9(2)16(10(3)13(4,5)6)12(15)11(8)7-14/h10H,15H2,1-6H3.